The molecule has 166 valence electrons. The zero-order valence-electron chi connectivity index (χ0n) is 17.8. The van der Waals surface area contributed by atoms with Gasteiger partial charge in [-0.05, 0) is 35.0 Å². The molecule has 0 unspecified atom stereocenters. The summed E-state index contributed by atoms with van der Waals surface area (Å²) in [7, 11) is 4.57. The lowest BCUT2D eigenvalue weighted by Crippen LogP contribution is -2.31. The number of fused-ring (bicyclic) bond motifs is 1. The number of hydrogen-bond acceptors (Lipinski definition) is 8. The fourth-order valence-electron chi connectivity index (χ4n) is 3.57. The van der Waals surface area contributed by atoms with Crippen LogP contribution in [0.25, 0.3) is 0 Å². The van der Waals surface area contributed by atoms with Crippen LogP contribution in [0.4, 0.5) is 11.6 Å². The van der Waals surface area contributed by atoms with Crippen molar-refractivity contribution in [2.45, 2.75) is 13.0 Å². The minimum atomic E-state index is -0.587. The minimum absolute atomic E-state index is 0.365. The Morgan fingerprint density at radius 1 is 1.12 bits per heavy atom. The highest BCUT2D eigenvalue weighted by molar-refractivity contribution is 6.32. The van der Waals surface area contributed by atoms with Crippen LogP contribution in [0.5, 0.6) is 17.2 Å². The number of anilines is 2. The summed E-state index contributed by atoms with van der Waals surface area (Å²) < 4.78 is 17.6. The molecule has 2 aromatic carbocycles. The second-order valence-corrected chi connectivity index (χ2v) is 7.34. The van der Waals surface area contributed by atoms with E-state index in [1.807, 2.05) is 24.3 Å². The van der Waals surface area contributed by atoms with Gasteiger partial charge in [-0.3, -0.25) is 4.79 Å². The summed E-state index contributed by atoms with van der Waals surface area (Å²) in [5.74, 6) is 1.51. The molecule has 4 rings (SSSR count). The number of benzene rings is 2. The first-order valence-electron chi connectivity index (χ1n) is 9.59. The maximum atomic E-state index is 13.5. The second-order valence-electron chi connectivity index (χ2n) is 6.93. The summed E-state index contributed by atoms with van der Waals surface area (Å²) in [5, 5.41) is 18.2. The van der Waals surface area contributed by atoms with Crippen molar-refractivity contribution in [3.05, 3.63) is 58.3 Å². The van der Waals surface area contributed by atoms with E-state index in [4.69, 9.17) is 25.8 Å². The third-order valence-electron chi connectivity index (χ3n) is 5.09. The quantitative estimate of drug-likeness (QED) is 0.581. The number of halogens is 1. The average molecular weight is 457 g/mol. The molecular formula is C21H21ClN6O4. The maximum Gasteiger partial charge on any atom is 0.255 e. The van der Waals surface area contributed by atoms with E-state index in [2.05, 4.69) is 26.2 Å². The predicted molar refractivity (Wildman–Crippen MR) is 118 cm³/mol. The molecule has 0 saturated heterocycles. The van der Waals surface area contributed by atoms with Gasteiger partial charge in [-0.15, -0.1) is 0 Å². The summed E-state index contributed by atoms with van der Waals surface area (Å²) in [6.07, 6.45) is 0. The number of methoxy groups -OCH3 is 3. The van der Waals surface area contributed by atoms with Crippen molar-refractivity contribution < 1.29 is 19.0 Å². The Balaban J connectivity index is 1.77. The zero-order chi connectivity index (χ0) is 22.8. The van der Waals surface area contributed by atoms with Crippen molar-refractivity contribution in [3.8, 4) is 17.2 Å². The number of amides is 1. The van der Waals surface area contributed by atoms with E-state index in [1.165, 1.54) is 14.2 Å². The standard InChI is InChI=1S/C21H21ClN6O4/c1-11-18(20(29)24-15-10-16(31-3)14(22)9-17(15)32-4)19(28-21(23-11)25-26-27-28)12-6-5-7-13(8-12)30-2/h5-10,19H,1-4H3,(H,24,29)(H,23,25,27)/t19-/m0/s1. The molecule has 2 N–H and O–H groups in total. The highest BCUT2D eigenvalue weighted by Crippen LogP contribution is 2.39. The lowest BCUT2D eigenvalue weighted by molar-refractivity contribution is -0.113. The van der Waals surface area contributed by atoms with Crippen molar-refractivity contribution >= 4 is 29.1 Å². The van der Waals surface area contributed by atoms with Gasteiger partial charge in [0.25, 0.3) is 5.91 Å². The Hall–Kier alpha value is -3.79. The molecule has 0 bridgehead atoms. The molecule has 1 aliphatic heterocycles. The van der Waals surface area contributed by atoms with Gasteiger partial charge < -0.3 is 24.8 Å². The van der Waals surface area contributed by atoms with Gasteiger partial charge in [-0.25, -0.2) is 0 Å². The molecule has 0 radical (unpaired) electrons. The van der Waals surface area contributed by atoms with Gasteiger partial charge >= 0.3 is 0 Å². The van der Waals surface area contributed by atoms with Gasteiger partial charge in [-0.2, -0.15) is 4.68 Å². The molecule has 3 aromatic rings. The van der Waals surface area contributed by atoms with Crippen LogP contribution in [0, 0.1) is 0 Å². The molecule has 1 aliphatic rings. The van der Waals surface area contributed by atoms with E-state index < -0.39 is 6.04 Å². The van der Waals surface area contributed by atoms with Crippen LogP contribution in [-0.4, -0.2) is 47.4 Å². The first kappa shape index (κ1) is 21.4. The van der Waals surface area contributed by atoms with E-state index in [0.717, 1.165) is 5.56 Å². The van der Waals surface area contributed by atoms with Crippen LogP contribution in [0.2, 0.25) is 5.02 Å². The van der Waals surface area contributed by atoms with E-state index in [-0.39, 0.29) is 5.91 Å². The molecule has 10 nitrogen and oxygen atoms in total. The topological polar surface area (TPSA) is 112 Å². The number of carbonyl (C=O) groups is 1. The van der Waals surface area contributed by atoms with Crippen LogP contribution < -0.4 is 24.8 Å². The highest BCUT2D eigenvalue weighted by Gasteiger charge is 2.34. The van der Waals surface area contributed by atoms with Crippen LogP contribution in [0.15, 0.2) is 47.7 Å². The van der Waals surface area contributed by atoms with Crippen molar-refractivity contribution in [2.75, 3.05) is 32.0 Å². The Labute approximate surface area is 189 Å². The van der Waals surface area contributed by atoms with Gasteiger partial charge in [0.1, 0.15) is 23.3 Å². The van der Waals surface area contributed by atoms with Crippen LogP contribution >= 0.6 is 11.6 Å². The smallest absolute Gasteiger partial charge is 0.255 e. The summed E-state index contributed by atoms with van der Waals surface area (Å²) in [6.45, 7) is 1.79. The summed E-state index contributed by atoms with van der Waals surface area (Å²) in [6, 6.07) is 10.00. The Morgan fingerprint density at radius 2 is 1.91 bits per heavy atom. The normalized spacial score (nSPS) is 15.0. The van der Waals surface area contributed by atoms with Crippen molar-refractivity contribution in [1.82, 2.24) is 20.2 Å². The first-order chi connectivity index (χ1) is 15.5. The second kappa shape index (κ2) is 8.75. The lowest BCUT2D eigenvalue weighted by Gasteiger charge is -2.28. The highest BCUT2D eigenvalue weighted by atomic mass is 35.5. The average Bonchev–Trinajstić information content (AvgIpc) is 3.26. The number of aromatic nitrogens is 4. The lowest BCUT2D eigenvalue weighted by atomic mass is 9.94. The number of allylic oxidation sites excluding steroid dienone is 1. The van der Waals surface area contributed by atoms with E-state index in [1.54, 1.807) is 30.8 Å². The molecule has 0 saturated carbocycles. The van der Waals surface area contributed by atoms with Gasteiger partial charge in [0.05, 0.1) is 37.6 Å². The number of hydrogen-bond donors (Lipinski definition) is 2. The first-order valence-corrected chi connectivity index (χ1v) is 9.97. The Morgan fingerprint density at radius 3 is 2.62 bits per heavy atom. The largest absolute Gasteiger partial charge is 0.497 e. The zero-order valence-corrected chi connectivity index (χ0v) is 18.6. The van der Waals surface area contributed by atoms with E-state index >= 15 is 0 Å². The summed E-state index contributed by atoms with van der Waals surface area (Å²) in [4.78, 5) is 13.5. The molecule has 0 aliphatic carbocycles. The maximum absolute atomic E-state index is 13.5. The van der Waals surface area contributed by atoms with Crippen molar-refractivity contribution in [1.29, 1.82) is 0 Å². The van der Waals surface area contributed by atoms with Crippen LogP contribution in [-0.2, 0) is 4.79 Å². The van der Waals surface area contributed by atoms with Crippen molar-refractivity contribution in [3.63, 3.8) is 0 Å². The van der Waals surface area contributed by atoms with Crippen molar-refractivity contribution in [2.24, 2.45) is 0 Å². The number of tetrazole rings is 1. The minimum Gasteiger partial charge on any atom is -0.497 e. The molecular weight excluding hydrogens is 436 g/mol. The molecule has 0 fully saturated rings. The van der Waals surface area contributed by atoms with E-state index in [0.29, 0.717) is 45.2 Å². The van der Waals surface area contributed by atoms with Gasteiger partial charge in [0.15, 0.2) is 0 Å². The fourth-order valence-corrected chi connectivity index (χ4v) is 3.80. The van der Waals surface area contributed by atoms with Gasteiger partial charge in [0.2, 0.25) is 5.95 Å². The fraction of sp³-hybridized carbons (Fsp3) is 0.238. The molecule has 32 heavy (non-hydrogen) atoms. The van der Waals surface area contributed by atoms with E-state index in [9.17, 15) is 4.79 Å². The molecule has 0 spiro atoms. The predicted octanol–water partition coefficient (Wildman–Crippen LogP) is 3.28. The van der Waals surface area contributed by atoms with Crippen LogP contribution in [0.1, 0.15) is 18.5 Å². The Bertz CT molecular complexity index is 1210. The number of ether oxygens (including phenoxy) is 3. The molecule has 1 aromatic heterocycles. The number of rotatable bonds is 6. The third kappa shape index (κ3) is 3.80. The molecule has 11 heteroatoms. The summed E-state index contributed by atoms with van der Waals surface area (Å²) >= 11 is 6.19. The Kier molecular flexibility index (Phi) is 5.87. The molecule has 2 heterocycles. The number of nitrogens with zero attached hydrogens (tertiary/aromatic N) is 4. The summed E-state index contributed by atoms with van der Waals surface area (Å²) in [5.41, 5.74) is 2.22. The third-order valence-corrected chi connectivity index (χ3v) is 5.39. The monoisotopic (exact) mass is 456 g/mol. The van der Waals surface area contributed by atoms with Crippen LogP contribution in [0.3, 0.4) is 0 Å². The SMILES string of the molecule is COc1cccc([C@H]2C(C(=O)Nc3cc(OC)c(Cl)cc3OC)=C(C)Nc3nnnn32)c1. The van der Waals surface area contributed by atoms with Gasteiger partial charge in [0, 0.05) is 17.8 Å². The number of carbonyl (C=O) groups excluding carboxylic acids is 1. The molecule has 1 amide bonds. The number of nitrogens with one attached hydrogen (secondary N) is 2. The molecule has 1 atom stereocenters. The van der Waals surface area contributed by atoms with Gasteiger partial charge in [-0.1, -0.05) is 28.8 Å².